The maximum absolute atomic E-state index is 9.01. The van der Waals surface area contributed by atoms with Gasteiger partial charge >= 0.3 is 0 Å². The van der Waals surface area contributed by atoms with Crippen LogP contribution in [-0.2, 0) is 0 Å². The number of aliphatic hydroxyl groups is 1. The Bertz CT molecular complexity index is 370. The van der Waals surface area contributed by atoms with Crippen molar-refractivity contribution in [3.05, 3.63) is 18.2 Å². The van der Waals surface area contributed by atoms with Gasteiger partial charge in [0, 0.05) is 30.3 Å². The first-order valence-corrected chi connectivity index (χ1v) is 6.39. The van der Waals surface area contributed by atoms with Crippen LogP contribution in [0.4, 0.5) is 5.69 Å². The van der Waals surface area contributed by atoms with Gasteiger partial charge in [0.2, 0.25) is 0 Å². The van der Waals surface area contributed by atoms with Crippen molar-refractivity contribution in [2.24, 2.45) is 0 Å². The predicted octanol–water partition coefficient (Wildman–Crippen LogP) is 1.99. The van der Waals surface area contributed by atoms with Crippen LogP contribution < -0.4 is 9.64 Å². The highest BCUT2D eigenvalue weighted by Crippen LogP contribution is 2.39. The Hall–Kier alpha value is -0.870. The average molecular weight is 239 g/mol. The average Bonchev–Trinajstić information content (AvgIpc) is 2.32. The van der Waals surface area contributed by atoms with Crippen LogP contribution in [0.25, 0.3) is 0 Å². The van der Waals surface area contributed by atoms with Crippen molar-refractivity contribution in [2.45, 2.75) is 17.4 Å². The monoisotopic (exact) mass is 239 g/mol. The molecule has 0 bridgehead atoms. The third-order valence-corrected chi connectivity index (χ3v) is 4.18. The van der Waals surface area contributed by atoms with E-state index in [0.29, 0.717) is 6.04 Å². The van der Waals surface area contributed by atoms with Gasteiger partial charge in [-0.3, -0.25) is 0 Å². The zero-order valence-corrected chi connectivity index (χ0v) is 10.5. The lowest BCUT2D eigenvalue weighted by Crippen LogP contribution is -2.37. The van der Waals surface area contributed by atoms with Gasteiger partial charge in [0.1, 0.15) is 5.75 Å². The van der Waals surface area contributed by atoms with Crippen molar-refractivity contribution in [2.75, 3.05) is 31.4 Å². The van der Waals surface area contributed by atoms with Gasteiger partial charge in [-0.2, -0.15) is 0 Å². The molecular formula is C12H17NO2S. The Kier molecular flexibility index (Phi) is 3.61. The molecule has 0 saturated heterocycles. The van der Waals surface area contributed by atoms with E-state index in [1.165, 1.54) is 10.6 Å². The van der Waals surface area contributed by atoms with Gasteiger partial charge in [-0.1, -0.05) is 0 Å². The van der Waals surface area contributed by atoms with Crippen LogP contribution in [0.5, 0.6) is 5.75 Å². The fraction of sp³-hybridized carbons (Fsp3) is 0.500. The second-order valence-corrected chi connectivity index (χ2v) is 4.98. The Morgan fingerprint density at radius 2 is 2.38 bits per heavy atom. The third-order valence-electron chi connectivity index (χ3n) is 2.99. The van der Waals surface area contributed by atoms with Gasteiger partial charge in [0.05, 0.1) is 12.8 Å². The van der Waals surface area contributed by atoms with Gasteiger partial charge in [-0.25, -0.2) is 0 Å². The molecule has 1 atom stereocenters. The lowest BCUT2D eigenvalue weighted by atomic mass is 10.2. The molecule has 1 aliphatic rings. The van der Waals surface area contributed by atoms with E-state index in [1.807, 2.05) is 17.8 Å². The molecule has 16 heavy (non-hydrogen) atoms. The highest BCUT2D eigenvalue weighted by atomic mass is 32.2. The number of aliphatic hydroxyl groups excluding tert-OH is 1. The predicted molar refractivity (Wildman–Crippen MR) is 67.6 cm³/mol. The van der Waals surface area contributed by atoms with Crippen molar-refractivity contribution in [1.82, 2.24) is 0 Å². The molecule has 0 fully saturated rings. The fourth-order valence-electron chi connectivity index (χ4n) is 1.95. The fourth-order valence-corrected chi connectivity index (χ4v) is 3.27. The van der Waals surface area contributed by atoms with Gasteiger partial charge in [0.15, 0.2) is 0 Å². The van der Waals surface area contributed by atoms with Crippen LogP contribution in [0.2, 0.25) is 0 Å². The number of benzene rings is 1. The zero-order valence-electron chi connectivity index (χ0n) is 9.64. The zero-order chi connectivity index (χ0) is 11.5. The lowest BCUT2D eigenvalue weighted by Gasteiger charge is -2.35. The maximum atomic E-state index is 9.01. The molecule has 88 valence electrons. The molecule has 1 unspecified atom stereocenters. The number of rotatable bonds is 3. The number of thioether (sulfide) groups is 1. The molecule has 0 aromatic heterocycles. The minimum absolute atomic E-state index is 0.251. The van der Waals surface area contributed by atoms with E-state index in [4.69, 9.17) is 9.84 Å². The molecule has 0 amide bonds. The normalized spacial score (nSPS) is 19.4. The third kappa shape index (κ3) is 2.13. The van der Waals surface area contributed by atoms with Gasteiger partial charge < -0.3 is 14.7 Å². The Balaban J connectivity index is 2.24. The van der Waals surface area contributed by atoms with Crippen molar-refractivity contribution < 1.29 is 9.84 Å². The number of methoxy groups -OCH3 is 1. The summed E-state index contributed by atoms with van der Waals surface area (Å²) in [5.74, 6) is 1.93. The van der Waals surface area contributed by atoms with Crippen LogP contribution in [0, 0.1) is 0 Å². The molecule has 0 aliphatic carbocycles. The molecule has 1 heterocycles. The molecule has 2 rings (SSSR count). The van der Waals surface area contributed by atoms with E-state index in [-0.39, 0.29) is 6.61 Å². The van der Waals surface area contributed by atoms with E-state index in [0.717, 1.165) is 17.9 Å². The number of ether oxygens (including phenoxy) is 1. The van der Waals surface area contributed by atoms with Crippen molar-refractivity contribution >= 4 is 17.4 Å². The second kappa shape index (κ2) is 4.97. The van der Waals surface area contributed by atoms with E-state index in [1.54, 1.807) is 7.11 Å². The summed E-state index contributed by atoms with van der Waals surface area (Å²) in [6, 6.07) is 6.57. The molecule has 4 heteroatoms. The van der Waals surface area contributed by atoms with Crippen molar-refractivity contribution in [3.8, 4) is 5.75 Å². The Morgan fingerprint density at radius 3 is 3.06 bits per heavy atom. The summed E-state index contributed by atoms with van der Waals surface area (Å²) in [5, 5.41) is 9.01. The number of hydrogen-bond acceptors (Lipinski definition) is 4. The molecular weight excluding hydrogens is 222 g/mol. The minimum atomic E-state index is 0.251. The molecule has 0 saturated carbocycles. The number of nitrogens with zero attached hydrogens (tertiary/aromatic N) is 1. The summed E-state index contributed by atoms with van der Waals surface area (Å²) in [5.41, 5.74) is 1.23. The summed E-state index contributed by atoms with van der Waals surface area (Å²) >= 11 is 1.84. The molecule has 0 spiro atoms. The molecule has 1 N–H and O–H groups in total. The highest BCUT2D eigenvalue weighted by Gasteiger charge is 2.23. The van der Waals surface area contributed by atoms with Crippen LogP contribution in [0.15, 0.2) is 23.1 Å². The summed E-state index contributed by atoms with van der Waals surface area (Å²) < 4.78 is 5.22. The Morgan fingerprint density at radius 1 is 1.56 bits per heavy atom. The van der Waals surface area contributed by atoms with Crippen LogP contribution >= 0.6 is 11.8 Å². The largest absolute Gasteiger partial charge is 0.497 e. The van der Waals surface area contributed by atoms with Gasteiger partial charge in [-0.05, 0) is 24.6 Å². The first-order chi connectivity index (χ1) is 7.76. The maximum Gasteiger partial charge on any atom is 0.120 e. The van der Waals surface area contributed by atoms with E-state index in [9.17, 15) is 0 Å². The van der Waals surface area contributed by atoms with Crippen LogP contribution in [0.1, 0.15) is 6.42 Å². The molecule has 3 nitrogen and oxygen atoms in total. The minimum Gasteiger partial charge on any atom is -0.497 e. The number of hydrogen-bond donors (Lipinski definition) is 1. The van der Waals surface area contributed by atoms with Gasteiger partial charge in [0.25, 0.3) is 0 Å². The first-order valence-electron chi connectivity index (χ1n) is 5.40. The van der Waals surface area contributed by atoms with Crippen LogP contribution in [0.3, 0.4) is 0 Å². The van der Waals surface area contributed by atoms with Crippen molar-refractivity contribution in [1.29, 1.82) is 0 Å². The molecule has 1 aromatic carbocycles. The van der Waals surface area contributed by atoms with Crippen LogP contribution in [-0.4, -0.2) is 37.7 Å². The quantitative estimate of drug-likeness (QED) is 0.874. The SMILES string of the molecule is COc1ccc2c(c1)SCC(CCO)N2C. The first kappa shape index (κ1) is 11.6. The number of anilines is 1. The van der Waals surface area contributed by atoms with E-state index in [2.05, 4.69) is 24.1 Å². The molecule has 1 aliphatic heterocycles. The summed E-state index contributed by atoms with van der Waals surface area (Å²) in [6.07, 6.45) is 0.828. The topological polar surface area (TPSA) is 32.7 Å². The second-order valence-electron chi connectivity index (χ2n) is 3.92. The standard InChI is InChI=1S/C12H17NO2S/c1-13-9(5-6-14)8-16-12-7-10(15-2)3-4-11(12)13/h3-4,7,9,14H,5-6,8H2,1-2H3. The van der Waals surface area contributed by atoms with Gasteiger partial charge in [-0.15, -0.1) is 11.8 Å². The lowest BCUT2D eigenvalue weighted by molar-refractivity contribution is 0.278. The number of fused-ring (bicyclic) bond motifs is 1. The molecule has 0 radical (unpaired) electrons. The summed E-state index contributed by atoms with van der Waals surface area (Å²) in [6.45, 7) is 0.251. The van der Waals surface area contributed by atoms with E-state index >= 15 is 0 Å². The summed E-state index contributed by atoms with van der Waals surface area (Å²) in [7, 11) is 3.78. The molecule has 1 aromatic rings. The summed E-state index contributed by atoms with van der Waals surface area (Å²) in [4.78, 5) is 3.51. The Labute approximate surface area is 100 Å². The van der Waals surface area contributed by atoms with Crippen molar-refractivity contribution in [3.63, 3.8) is 0 Å². The smallest absolute Gasteiger partial charge is 0.120 e. The van der Waals surface area contributed by atoms with E-state index < -0.39 is 0 Å². The highest BCUT2D eigenvalue weighted by molar-refractivity contribution is 7.99.